The third kappa shape index (κ3) is 5.02. The Labute approximate surface area is 194 Å². The standard InChI is InChI=1S/C26H29N4O2P/c1-19(20-6-4-3-5-7-20)29-26-23-16-21(8-10-24(23)27-18-28-26)25-11-9-22(32-25)17-30-12-14-33(2,31)15-13-30/h3-11,16,18-19H,12-15,17H2,1-2H3,(H,27,28,29). The van der Waals surface area contributed by atoms with E-state index in [1.54, 1.807) is 6.33 Å². The van der Waals surface area contributed by atoms with Gasteiger partial charge >= 0.3 is 0 Å². The number of fused-ring (bicyclic) bond motifs is 1. The first-order valence-corrected chi connectivity index (χ1v) is 13.9. The molecule has 2 aromatic heterocycles. The molecule has 0 aliphatic carbocycles. The molecule has 1 aliphatic rings. The van der Waals surface area contributed by atoms with Crippen molar-refractivity contribution < 1.29 is 8.98 Å². The molecule has 1 saturated heterocycles. The van der Waals surface area contributed by atoms with E-state index in [0.29, 0.717) is 0 Å². The minimum atomic E-state index is -1.92. The van der Waals surface area contributed by atoms with Gasteiger partial charge in [-0.1, -0.05) is 30.3 Å². The fourth-order valence-electron chi connectivity index (χ4n) is 4.28. The Morgan fingerprint density at radius 1 is 1.06 bits per heavy atom. The smallest absolute Gasteiger partial charge is 0.137 e. The Bertz CT molecular complexity index is 1290. The van der Waals surface area contributed by atoms with Crippen LogP contribution in [0.15, 0.2) is 71.4 Å². The van der Waals surface area contributed by atoms with E-state index >= 15 is 0 Å². The molecule has 1 atom stereocenters. The molecule has 1 N–H and O–H groups in total. The molecule has 170 valence electrons. The highest BCUT2D eigenvalue weighted by Gasteiger charge is 2.24. The van der Waals surface area contributed by atoms with Gasteiger partial charge in [-0.05, 0) is 49.5 Å². The van der Waals surface area contributed by atoms with Gasteiger partial charge in [-0.25, -0.2) is 9.97 Å². The van der Waals surface area contributed by atoms with Gasteiger partial charge in [0, 0.05) is 42.4 Å². The van der Waals surface area contributed by atoms with E-state index in [4.69, 9.17) is 4.42 Å². The maximum absolute atomic E-state index is 12.2. The van der Waals surface area contributed by atoms with Crippen LogP contribution < -0.4 is 5.32 Å². The molecule has 1 aliphatic heterocycles. The average Bonchev–Trinajstić information content (AvgIpc) is 3.29. The molecule has 1 unspecified atom stereocenters. The van der Waals surface area contributed by atoms with Crippen LogP contribution in [0.1, 0.15) is 24.3 Å². The summed E-state index contributed by atoms with van der Waals surface area (Å²) in [5.41, 5.74) is 3.09. The van der Waals surface area contributed by atoms with Crippen molar-refractivity contribution in [1.82, 2.24) is 14.9 Å². The number of benzene rings is 2. The third-order valence-electron chi connectivity index (χ3n) is 6.39. The first-order chi connectivity index (χ1) is 16.0. The summed E-state index contributed by atoms with van der Waals surface area (Å²) in [4.78, 5) is 11.3. The lowest BCUT2D eigenvalue weighted by molar-refractivity contribution is 0.263. The average molecular weight is 461 g/mol. The summed E-state index contributed by atoms with van der Waals surface area (Å²) in [6.07, 6.45) is 3.19. The number of aromatic nitrogens is 2. The van der Waals surface area contributed by atoms with Gasteiger partial charge < -0.3 is 14.3 Å². The van der Waals surface area contributed by atoms with E-state index in [9.17, 15) is 4.57 Å². The topological polar surface area (TPSA) is 71.3 Å². The number of nitrogens with zero attached hydrogens (tertiary/aromatic N) is 3. The molecule has 2 aromatic carbocycles. The molecule has 0 amide bonds. The summed E-state index contributed by atoms with van der Waals surface area (Å²) >= 11 is 0. The molecule has 5 rings (SSSR count). The first kappa shape index (κ1) is 21.9. The van der Waals surface area contributed by atoms with Crippen molar-refractivity contribution in [3.05, 3.63) is 78.3 Å². The normalized spacial score (nSPS) is 17.2. The predicted molar refractivity (Wildman–Crippen MR) is 134 cm³/mol. The van der Waals surface area contributed by atoms with Crippen molar-refractivity contribution in [2.75, 3.05) is 37.4 Å². The van der Waals surface area contributed by atoms with Crippen LogP contribution in [0.2, 0.25) is 0 Å². The van der Waals surface area contributed by atoms with E-state index in [1.165, 1.54) is 5.56 Å². The van der Waals surface area contributed by atoms with Crippen molar-refractivity contribution >= 4 is 23.9 Å². The van der Waals surface area contributed by atoms with Gasteiger partial charge in [0.1, 0.15) is 23.7 Å². The molecule has 7 heteroatoms. The summed E-state index contributed by atoms with van der Waals surface area (Å²) in [6.45, 7) is 6.53. The van der Waals surface area contributed by atoms with E-state index in [1.807, 2.05) is 49.1 Å². The quantitative estimate of drug-likeness (QED) is 0.363. The van der Waals surface area contributed by atoms with Crippen LogP contribution in [0, 0.1) is 0 Å². The lowest BCUT2D eigenvalue weighted by Gasteiger charge is -2.29. The van der Waals surface area contributed by atoms with Gasteiger partial charge in [0.05, 0.1) is 19.2 Å². The molecule has 0 spiro atoms. The second-order valence-corrected chi connectivity index (χ2v) is 12.5. The van der Waals surface area contributed by atoms with Crippen LogP contribution in [0.4, 0.5) is 5.82 Å². The highest BCUT2D eigenvalue weighted by Crippen LogP contribution is 2.43. The summed E-state index contributed by atoms with van der Waals surface area (Å²) in [5, 5.41) is 4.50. The Balaban J connectivity index is 1.36. The highest BCUT2D eigenvalue weighted by atomic mass is 31.2. The molecule has 0 bridgehead atoms. The Morgan fingerprint density at radius 2 is 1.85 bits per heavy atom. The predicted octanol–water partition coefficient (Wildman–Crippen LogP) is 5.87. The van der Waals surface area contributed by atoms with Crippen LogP contribution in [-0.2, 0) is 11.1 Å². The van der Waals surface area contributed by atoms with E-state index in [-0.39, 0.29) is 6.04 Å². The summed E-state index contributed by atoms with van der Waals surface area (Å²) in [6, 6.07) is 20.6. The lowest BCUT2D eigenvalue weighted by Crippen LogP contribution is -2.33. The van der Waals surface area contributed by atoms with E-state index in [0.717, 1.165) is 65.8 Å². The van der Waals surface area contributed by atoms with Crippen molar-refractivity contribution in [3.8, 4) is 11.3 Å². The molecule has 0 radical (unpaired) electrons. The molecule has 33 heavy (non-hydrogen) atoms. The second-order valence-electron chi connectivity index (χ2n) is 9.02. The number of rotatable bonds is 6. The summed E-state index contributed by atoms with van der Waals surface area (Å²) in [5.74, 6) is 2.57. The molecule has 4 aromatic rings. The van der Waals surface area contributed by atoms with Crippen molar-refractivity contribution in [1.29, 1.82) is 0 Å². The third-order valence-corrected chi connectivity index (χ3v) is 8.68. The fourth-order valence-corrected chi connectivity index (χ4v) is 5.92. The van der Waals surface area contributed by atoms with E-state index in [2.05, 4.69) is 45.3 Å². The monoisotopic (exact) mass is 460 g/mol. The number of hydrogen-bond donors (Lipinski definition) is 1. The van der Waals surface area contributed by atoms with E-state index < -0.39 is 7.14 Å². The van der Waals surface area contributed by atoms with Crippen LogP contribution in [-0.4, -0.2) is 46.9 Å². The van der Waals surface area contributed by atoms with Crippen molar-refractivity contribution in [2.45, 2.75) is 19.5 Å². The van der Waals surface area contributed by atoms with Crippen LogP contribution in [0.5, 0.6) is 0 Å². The number of nitrogens with one attached hydrogen (secondary N) is 1. The zero-order chi connectivity index (χ0) is 22.8. The molecule has 3 heterocycles. The van der Waals surface area contributed by atoms with Crippen LogP contribution in [0.3, 0.4) is 0 Å². The SMILES string of the molecule is CC(Nc1ncnc2ccc(-c3ccc(CN4CCP(C)(=O)CC4)o3)cc12)c1ccccc1. The maximum Gasteiger partial charge on any atom is 0.137 e. The van der Waals surface area contributed by atoms with Gasteiger partial charge in [-0.15, -0.1) is 0 Å². The summed E-state index contributed by atoms with van der Waals surface area (Å²) in [7, 11) is -1.92. The molecular formula is C26H29N4O2P. The molecule has 0 saturated carbocycles. The zero-order valence-corrected chi connectivity index (χ0v) is 20.0. The largest absolute Gasteiger partial charge is 0.460 e. The van der Waals surface area contributed by atoms with Gasteiger partial charge in [0.2, 0.25) is 0 Å². The highest BCUT2D eigenvalue weighted by molar-refractivity contribution is 7.63. The first-order valence-electron chi connectivity index (χ1n) is 11.4. The van der Waals surface area contributed by atoms with Gasteiger partial charge in [-0.3, -0.25) is 4.90 Å². The van der Waals surface area contributed by atoms with Crippen LogP contribution in [0.25, 0.3) is 22.2 Å². The van der Waals surface area contributed by atoms with Gasteiger partial charge in [0.15, 0.2) is 0 Å². The van der Waals surface area contributed by atoms with Crippen molar-refractivity contribution in [3.63, 3.8) is 0 Å². The Morgan fingerprint density at radius 3 is 2.64 bits per heavy atom. The number of anilines is 1. The Hall–Kier alpha value is -2.95. The fraction of sp³-hybridized carbons (Fsp3) is 0.308. The maximum atomic E-state index is 12.2. The number of furan rings is 1. The molecule has 6 nitrogen and oxygen atoms in total. The van der Waals surface area contributed by atoms with Gasteiger partial charge in [0.25, 0.3) is 0 Å². The zero-order valence-electron chi connectivity index (χ0n) is 19.1. The Kier molecular flexibility index (Phi) is 6.05. The molecule has 1 fully saturated rings. The number of hydrogen-bond acceptors (Lipinski definition) is 6. The minimum absolute atomic E-state index is 0.117. The lowest BCUT2D eigenvalue weighted by atomic mass is 10.1. The van der Waals surface area contributed by atoms with Crippen LogP contribution >= 0.6 is 7.14 Å². The molecular weight excluding hydrogens is 431 g/mol. The van der Waals surface area contributed by atoms with Gasteiger partial charge in [-0.2, -0.15) is 0 Å². The summed E-state index contributed by atoms with van der Waals surface area (Å²) < 4.78 is 18.4. The van der Waals surface area contributed by atoms with Crippen molar-refractivity contribution in [2.24, 2.45) is 0 Å². The second kappa shape index (κ2) is 9.12. The minimum Gasteiger partial charge on any atom is -0.460 e.